The molecular formula is C19H20FN3O4. The summed E-state index contributed by atoms with van der Waals surface area (Å²) in [5.41, 5.74) is 3.13. The molecule has 0 saturated carbocycles. The monoisotopic (exact) mass is 373 g/mol. The fraction of sp³-hybridized carbons (Fsp3) is 0.211. The maximum atomic E-state index is 13.5. The first-order valence-corrected chi connectivity index (χ1v) is 8.04. The highest BCUT2D eigenvalue weighted by Crippen LogP contribution is 2.27. The van der Waals surface area contributed by atoms with E-state index in [1.165, 1.54) is 38.5 Å². The molecule has 0 aliphatic rings. The molecule has 2 N–H and O–H groups in total. The largest absolute Gasteiger partial charge is 0.493 e. The SMILES string of the molecule is COc1ccc(C(=O)N/N=C(\C)CC(=O)Nc2ccccc2F)cc1OC. The number of halogens is 1. The summed E-state index contributed by atoms with van der Waals surface area (Å²) in [6.45, 7) is 1.58. The Bertz CT molecular complexity index is 868. The number of nitrogens with one attached hydrogen (secondary N) is 2. The van der Waals surface area contributed by atoms with Crippen LogP contribution in [0.5, 0.6) is 11.5 Å². The summed E-state index contributed by atoms with van der Waals surface area (Å²) < 4.78 is 23.8. The number of carbonyl (C=O) groups is 2. The van der Waals surface area contributed by atoms with Crippen molar-refractivity contribution in [1.82, 2.24) is 5.43 Å². The topological polar surface area (TPSA) is 89.0 Å². The van der Waals surface area contributed by atoms with Gasteiger partial charge >= 0.3 is 0 Å². The molecule has 142 valence electrons. The zero-order valence-electron chi connectivity index (χ0n) is 15.2. The normalized spacial score (nSPS) is 10.9. The lowest BCUT2D eigenvalue weighted by Gasteiger charge is -2.09. The van der Waals surface area contributed by atoms with E-state index in [1.54, 1.807) is 25.1 Å². The van der Waals surface area contributed by atoms with Crippen molar-refractivity contribution in [1.29, 1.82) is 0 Å². The average molecular weight is 373 g/mol. The molecule has 8 heteroatoms. The second-order valence-electron chi connectivity index (χ2n) is 5.56. The average Bonchev–Trinajstić information content (AvgIpc) is 2.67. The predicted molar refractivity (Wildman–Crippen MR) is 99.8 cm³/mol. The number of anilines is 1. The van der Waals surface area contributed by atoms with Gasteiger partial charge in [0.1, 0.15) is 5.82 Å². The third-order valence-corrected chi connectivity index (χ3v) is 3.56. The van der Waals surface area contributed by atoms with Crippen molar-refractivity contribution >= 4 is 23.2 Å². The van der Waals surface area contributed by atoms with Gasteiger partial charge in [-0.2, -0.15) is 5.10 Å². The van der Waals surface area contributed by atoms with Crippen LogP contribution >= 0.6 is 0 Å². The zero-order valence-corrected chi connectivity index (χ0v) is 15.2. The van der Waals surface area contributed by atoms with Crippen LogP contribution in [0.3, 0.4) is 0 Å². The van der Waals surface area contributed by atoms with Crippen LogP contribution in [0.1, 0.15) is 23.7 Å². The quantitative estimate of drug-likeness (QED) is 0.577. The third-order valence-electron chi connectivity index (χ3n) is 3.56. The van der Waals surface area contributed by atoms with Gasteiger partial charge in [0.25, 0.3) is 5.91 Å². The van der Waals surface area contributed by atoms with E-state index < -0.39 is 17.6 Å². The molecule has 2 aromatic carbocycles. The number of nitrogens with zero attached hydrogens (tertiary/aromatic N) is 1. The smallest absolute Gasteiger partial charge is 0.271 e. The molecule has 0 saturated heterocycles. The summed E-state index contributed by atoms with van der Waals surface area (Å²) in [5.74, 6) is -0.526. The molecule has 0 heterocycles. The van der Waals surface area contributed by atoms with Crippen LogP contribution in [0, 0.1) is 5.82 Å². The van der Waals surface area contributed by atoms with Gasteiger partial charge in [-0.15, -0.1) is 0 Å². The fourth-order valence-electron chi connectivity index (χ4n) is 2.22. The number of benzene rings is 2. The number of hydrazone groups is 1. The molecule has 2 rings (SSSR count). The van der Waals surface area contributed by atoms with Gasteiger partial charge in [-0.1, -0.05) is 12.1 Å². The van der Waals surface area contributed by atoms with Gasteiger partial charge in [-0.25, -0.2) is 9.82 Å². The van der Waals surface area contributed by atoms with Crippen LogP contribution < -0.4 is 20.2 Å². The molecule has 2 amide bonds. The standard InChI is InChI=1S/C19H20FN3O4/c1-12(10-18(24)21-15-7-5-4-6-14(15)20)22-23-19(25)13-8-9-16(26-2)17(11-13)27-3/h4-9,11H,10H2,1-3H3,(H,21,24)(H,23,25)/b22-12+. The number of ether oxygens (including phenoxy) is 2. The summed E-state index contributed by atoms with van der Waals surface area (Å²) in [7, 11) is 2.97. The molecule has 0 aliphatic carbocycles. The maximum Gasteiger partial charge on any atom is 0.271 e. The van der Waals surface area contributed by atoms with E-state index in [0.29, 0.717) is 22.8 Å². The van der Waals surface area contributed by atoms with Gasteiger partial charge in [-0.3, -0.25) is 9.59 Å². The molecule has 0 spiro atoms. The van der Waals surface area contributed by atoms with E-state index in [1.807, 2.05) is 0 Å². The molecule has 0 aliphatic heterocycles. The minimum atomic E-state index is -0.526. The number of hydrogen-bond acceptors (Lipinski definition) is 5. The Labute approximate surface area is 156 Å². The molecule has 0 unspecified atom stereocenters. The summed E-state index contributed by atoms with van der Waals surface area (Å²) in [6.07, 6.45) is -0.0967. The lowest BCUT2D eigenvalue weighted by Crippen LogP contribution is -2.21. The first-order chi connectivity index (χ1) is 12.9. The highest BCUT2D eigenvalue weighted by molar-refractivity contribution is 6.06. The van der Waals surface area contributed by atoms with Crippen molar-refractivity contribution in [2.24, 2.45) is 5.10 Å². The Balaban J connectivity index is 1.95. The Hall–Kier alpha value is -3.42. The second-order valence-corrected chi connectivity index (χ2v) is 5.56. The minimum Gasteiger partial charge on any atom is -0.493 e. The molecular weight excluding hydrogens is 353 g/mol. The van der Waals surface area contributed by atoms with Crippen molar-refractivity contribution < 1.29 is 23.5 Å². The number of rotatable bonds is 7. The molecule has 2 aromatic rings. The van der Waals surface area contributed by atoms with Crippen molar-refractivity contribution in [3.8, 4) is 11.5 Å². The molecule has 7 nitrogen and oxygen atoms in total. The van der Waals surface area contributed by atoms with Crippen molar-refractivity contribution in [2.45, 2.75) is 13.3 Å². The van der Waals surface area contributed by atoms with Gasteiger partial charge in [0.15, 0.2) is 11.5 Å². The number of amides is 2. The van der Waals surface area contributed by atoms with E-state index in [-0.39, 0.29) is 12.1 Å². The fourth-order valence-corrected chi connectivity index (χ4v) is 2.22. The minimum absolute atomic E-state index is 0.0877. The number of methoxy groups -OCH3 is 2. The first-order valence-electron chi connectivity index (χ1n) is 8.04. The number of para-hydroxylation sites is 1. The lowest BCUT2D eigenvalue weighted by molar-refractivity contribution is -0.115. The molecule has 0 atom stereocenters. The Morgan fingerprint density at radius 2 is 1.78 bits per heavy atom. The van der Waals surface area contributed by atoms with Crippen LogP contribution in [0.15, 0.2) is 47.6 Å². The molecule has 27 heavy (non-hydrogen) atoms. The third kappa shape index (κ3) is 5.53. The van der Waals surface area contributed by atoms with Gasteiger partial charge < -0.3 is 14.8 Å². The Morgan fingerprint density at radius 3 is 2.44 bits per heavy atom. The second kappa shape index (κ2) is 9.33. The summed E-state index contributed by atoms with van der Waals surface area (Å²) in [6, 6.07) is 10.5. The van der Waals surface area contributed by atoms with Gasteiger partial charge in [0.2, 0.25) is 5.91 Å². The highest BCUT2D eigenvalue weighted by atomic mass is 19.1. The van der Waals surface area contributed by atoms with Crippen LogP contribution in [0.4, 0.5) is 10.1 Å². The summed E-state index contributed by atoms with van der Waals surface area (Å²) in [4.78, 5) is 24.1. The van der Waals surface area contributed by atoms with Crippen LogP contribution in [0.25, 0.3) is 0 Å². The molecule has 0 radical (unpaired) electrons. The molecule has 0 bridgehead atoms. The van der Waals surface area contributed by atoms with Crippen molar-refractivity contribution in [2.75, 3.05) is 19.5 Å². The van der Waals surface area contributed by atoms with Crippen molar-refractivity contribution in [3.05, 3.63) is 53.8 Å². The van der Waals surface area contributed by atoms with Crippen LogP contribution in [0.2, 0.25) is 0 Å². The summed E-state index contributed by atoms with van der Waals surface area (Å²) in [5, 5.41) is 6.34. The lowest BCUT2D eigenvalue weighted by atomic mass is 10.2. The van der Waals surface area contributed by atoms with Gasteiger partial charge in [0.05, 0.1) is 26.3 Å². The van der Waals surface area contributed by atoms with E-state index in [4.69, 9.17) is 9.47 Å². The van der Waals surface area contributed by atoms with Crippen LogP contribution in [-0.4, -0.2) is 31.7 Å². The highest BCUT2D eigenvalue weighted by Gasteiger charge is 2.11. The van der Waals surface area contributed by atoms with E-state index in [2.05, 4.69) is 15.8 Å². The number of hydrogen-bond donors (Lipinski definition) is 2. The van der Waals surface area contributed by atoms with Crippen LogP contribution in [-0.2, 0) is 4.79 Å². The predicted octanol–water partition coefficient (Wildman–Crippen LogP) is 2.98. The van der Waals surface area contributed by atoms with Gasteiger partial charge in [-0.05, 0) is 37.3 Å². The molecule has 0 fully saturated rings. The Kier molecular flexibility index (Phi) is 6.87. The summed E-state index contributed by atoms with van der Waals surface area (Å²) >= 11 is 0. The first kappa shape index (κ1) is 19.9. The van der Waals surface area contributed by atoms with E-state index >= 15 is 0 Å². The van der Waals surface area contributed by atoms with Gasteiger partial charge in [0, 0.05) is 11.3 Å². The maximum absolute atomic E-state index is 13.5. The number of carbonyl (C=O) groups excluding carboxylic acids is 2. The zero-order chi connectivity index (χ0) is 19.8. The Morgan fingerprint density at radius 1 is 1.07 bits per heavy atom. The van der Waals surface area contributed by atoms with Crippen molar-refractivity contribution in [3.63, 3.8) is 0 Å². The molecule has 0 aromatic heterocycles. The van der Waals surface area contributed by atoms with E-state index in [0.717, 1.165) is 0 Å². The van der Waals surface area contributed by atoms with E-state index in [9.17, 15) is 14.0 Å².